The summed E-state index contributed by atoms with van der Waals surface area (Å²) in [4.78, 5) is 4.59. The van der Waals surface area contributed by atoms with Crippen molar-refractivity contribution in [2.75, 3.05) is 0 Å². The Bertz CT molecular complexity index is 785. The van der Waals surface area contributed by atoms with Crippen LogP contribution in [0.4, 0.5) is 0 Å². The number of aromatic nitrogens is 2. The second kappa shape index (κ2) is 6.30. The van der Waals surface area contributed by atoms with Crippen molar-refractivity contribution in [3.63, 3.8) is 0 Å². The predicted molar refractivity (Wildman–Crippen MR) is 87.0 cm³/mol. The Balaban J connectivity index is 2.03. The van der Waals surface area contributed by atoms with Crippen LogP contribution in [0.25, 0.3) is 11.3 Å². The molecule has 3 aromatic rings. The lowest BCUT2D eigenvalue weighted by molar-refractivity contribution is 0.205. The lowest BCUT2D eigenvalue weighted by Crippen LogP contribution is -2.09. The predicted octanol–water partition coefficient (Wildman–Crippen LogP) is 3.27. The fraction of sp³-hybridized carbons (Fsp3) is 0.105. The first-order valence-electron chi connectivity index (χ1n) is 7.08. The van der Waals surface area contributed by atoms with Gasteiger partial charge in [0.1, 0.15) is 11.9 Å². The quantitative estimate of drug-likeness (QED) is 0.748. The maximum Gasteiger partial charge on any atom is 0.143 e. The molecule has 0 aliphatic carbocycles. The van der Waals surface area contributed by atoms with Crippen molar-refractivity contribution in [2.45, 2.75) is 12.6 Å². The Morgan fingerprint density at radius 2 is 1.68 bits per heavy atom. The van der Waals surface area contributed by atoms with Gasteiger partial charge in [0.05, 0.1) is 12.2 Å². The van der Waals surface area contributed by atoms with Crippen molar-refractivity contribution in [3.05, 3.63) is 78.2 Å². The third-order valence-corrected chi connectivity index (χ3v) is 3.50. The molecule has 1 heterocycles. The number of hydrogen-bond acceptors (Lipinski definition) is 2. The number of rotatable bonds is 4. The van der Waals surface area contributed by atoms with E-state index < -0.39 is 6.10 Å². The van der Waals surface area contributed by atoms with Gasteiger partial charge in [-0.05, 0) is 5.56 Å². The van der Waals surface area contributed by atoms with Gasteiger partial charge in [0.2, 0.25) is 0 Å². The first-order chi connectivity index (χ1) is 10.8. The van der Waals surface area contributed by atoms with Crippen LogP contribution < -0.4 is 0 Å². The number of benzene rings is 2. The van der Waals surface area contributed by atoms with Crippen molar-refractivity contribution in [1.82, 2.24) is 9.55 Å². The molecule has 0 spiro atoms. The lowest BCUT2D eigenvalue weighted by atomic mass is 10.1. The molecule has 0 radical (unpaired) electrons. The van der Waals surface area contributed by atoms with Crippen molar-refractivity contribution < 1.29 is 5.11 Å². The number of terminal acetylenes is 1. The summed E-state index contributed by atoms with van der Waals surface area (Å²) in [5, 5.41) is 10.6. The van der Waals surface area contributed by atoms with Crippen LogP contribution in [0.2, 0.25) is 0 Å². The first kappa shape index (κ1) is 14.1. The minimum atomic E-state index is -0.799. The van der Waals surface area contributed by atoms with Gasteiger partial charge in [-0.1, -0.05) is 66.6 Å². The number of hydrogen-bond donors (Lipinski definition) is 1. The van der Waals surface area contributed by atoms with Crippen LogP contribution in [0, 0.1) is 12.3 Å². The Hall–Kier alpha value is -2.83. The number of aliphatic hydroxyl groups excluding tert-OH is 1. The molecule has 0 aliphatic rings. The zero-order valence-corrected chi connectivity index (χ0v) is 12.1. The molecular weight excluding hydrogens is 272 g/mol. The van der Waals surface area contributed by atoms with E-state index in [1.165, 1.54) is 0 Å². The summed E-state index contributed by atoms with van der Waals surface area (Å²) in [6.07, 6.45) is 6.52. The molecule has 0 bridgehead atoms. The molecular formula is C19H16N2O. The van der Waals surface area contributed by atoms with E-state index in [9.17, 15) is 5.11 Å². The number of nitrogens with zero attached hydrogens (tertiary/aromatic N) is 2. The van der Waals surface area contributed by atoms with Crippen LogP contribution in [0.15, 0.2) is 66.9 Å². The highest BCUT2D eigenvalue weighted by Crippen LogP contribution is 2.25. The van der Waals surface area contributed by atoms with Crippen molar-refractivity contribution in [2.24, 2.45) is 0 Å². The summed E-state index contributed by atoms with van der Waals surface area (Å²) in [6, 6.07) is 19.3. The van der Waals surface area contributed by atoms with E-state index >= 15 is 0 Å². The van der Waals surface area contributed by atoms with Crippen LogP contribution in [-0.4, -0.2) is 14.7 Å². The van der Waals surface area contributed by atoms with Gasteiger partial charge < -0.3 is 9.67 Å². The van der Waals surface area contributed by atoms with Crippen molar-refractivity contribution in [1.29, 1.82) is 0 Å². The highest BCUT2D eigenvalue weighted by molar-refractivity contribution is 5.58. The summed E-state index contributed by atoms with van der Waals surface area (Å²) in [5.74, 6) is 3.17. The zero-order chi connectivity index (χ0) is 15.4. The molecule has 1 unspecified atom stereocenters. The second-order valence-electron chi connectivity index (χ2n) is 5.00. The first-order valence-corrected chi connectivity index (χ1v) is 7.08. The minimum Gasteiger partial charge on any atom is -0.380 e. The molecule has 2 aromatic carbocycles. The third-order valence-electron chi connectivity index (χ3n) is 3.50. The normalized spacial score (nSPS) is 11.8. The summed E-state index contributed by atoms with van der Waals surface area (Å²) in [5.41, 5.74) is 2.60. The lowest BCUT2D eigenvalue weighted by Gasteiger charge is -2.11. The summed E-state index contributed by atoms with van der Waals surface area (Å²) < 4.78 is 1.82. The fourth-order valence-corrected chi connectivity index (χ4v) is 2.41. The van der Waals surface area contributed by atoms with Gasteiger partial charge in [0.15, 0.2) is 0 Å². The molecule has 22 heavy (non-hydrogen) atoms. The maximum absolute atomic E-state index is 10.6. The van der Waals surface area contributed by atoms with Gasteiger partial charge in [0, 0.05) is 11.8 Å². The van der Waals surface area contributed by atoms with E-state index in [1.807, 2.05) is 71.4 Å². The third kappa shape index (κ3) is 2.78. The van der Waals surface area contributed by atoms with E-state index in [2.05, 4.69) is 10.9 Å². The van der Waals surface area contributed by atoms with Crippen molar-refractivity contribution in [3.8, 4) is 23.6 Å². The van der Waals surface area contributed by atoms with Crippen LogP contribution in [0.1, 0.15) is 17.5 Å². The standard InChI is InChI=1S/C19H16N2O/c1-2-13-21-14-17(15-9-5-3-6-10-15)20-19(21)18(22)16-11-7-4-8-12-16/h1,3-12,14,18,22H,13H2. The van der Waals surface area contributed by atoms with Gasteiger partial charge in [-0.15, -0.1) is 6.42 Å². The molecule has 0 amide bonds. The largest absolute Gasteiger partial charge is 0.380 e. The highest BCUT2D eigenvalue weighted by atomic mass is 16.3. The number of aliphatic hydroxyl groups is 1. The average Bonchev–Trinajstić information content (AvgIpc) is 3.00. The second-order valence-corrected chi connectivity index (χ2v) is 5.00. The van der Waals surface area contributed by atoms with Gasteiger partial charge in [-0.2, -0.15) is 0 Å². The molecule has 0 aliphatic heterocycles. The van der Waals surface area contributed by atoms with Gasteiger partial charge in [-0.25, -0.2) is 4.98 Å². The molecule has 108 valence electrons. The summed E-state index contributed by atoms with van der Waals surface area (Å²) in [6.45, 7) is 0.374. The summed E-state index contributed by atoms with van der Waals surface area (Å²) in [7, 11) is 0. The average molecular weight is 288 g/mol. The van der Waals surface area contributed by atoms with Gasteiger partial charge in [-0.3, -0.25) is 0 Å². The smallest absolute Gasteiger partial charge is 0.143 e. The Morgan fingerprint density at radius 1 is 1.05 bits per heavy atom. The van der Waals surface area contributed by atoms with E-state index in [-0.39, 0.29) is 0 Å². The molecule has 3 nitrogen and oxygen atoms in total. The SMILES string of the molecule is C#CCn1cc(-c2ccccc2)nc1C(O)c1ccccc1. The molecule has 0 fully saturated rings. The van der Waals surface area contributed by atoms with E-state index in [1.54, 1.807) is 0 Å². The summed E-state index contributed by atoms with van der Waals surface area (Å²) >= 11 is 0. The Morgan fingerprint density at radius 3 is 2.32 bits per heavy atom. The van der Waals surface area contributed by atoms with E-state index in [4.69, 9.17) is 6.42 Å². The maximum atomic E-state index is 10.6. The molecule has 0 saturated heterocycles. The minimum absolute atomic E-state index is 0.374. The van der Waals surface area contributed by atoms with Crippen molar-refractivity contribution >= 4 is 0 Å². The fourth-order valence-electron chi connectivity index (χ4n) is 2.41. The molecule has 3 heteroatoms. The molecule has 3 rings (SSSR count). The molecule has 0 saturated carbocycles. The van der Waals surface area contributed by atoms with Crippen LogP contribution in [-0.2, 0) is 6.54 Å². The van der Waals surface area contributed by atoms with Gasteiger partial charge >= 0.3 is 0 Å². The molecule has 1 N–H and O–H groups in total. The topological polar surface area (TPSA) is 38.0 Å². The van der Waals surface area contributed by atoms with E-state index in [0.29, 0.717) is 12.4 Å². The Labute approximate surface area is 129 Å². The monoisotopic (exact) mass is 288 g/mol. The zero-order valence-electron chi connectivity index (χ0n) is 12.1. The highest BCUT2D eigenvalue weighted by Gasteiger charge is 2.18. The van der Waals surface area contributed by atoms with Crippen LogP contribution >= 0.6 is 0 Å². The van der Waals surface area contributed by atoms with Crippen LogP contribution in [0.5, 0.6) is 0 Å². The number of imidazole rings is 1. The van der Waals surface area contributed by atoms with Gasteiger partial charge in [0.25, 0.3) is 0 Å². The van der Waals surface area contributed by atoms with E-state index in [0.717, 1.165) is 16.8 Å². The Kier molecular flexibility index (Phi) is 4.04. The molecule has 1 atom stereocenters. The molecule has 1 aromatic heterocycles. The van der Waals surface area contributed by atoms with Crippen LogP contribution in [0.3, 0.4) is 0 Å².